The fraction of sp³-hybridized carbons (Fsp3) is 0.273. The van der Waals surface area contributed by atoms with Gasteiger partial charge in [0.15, 0.2) is 5.76 Å². The highest BCUT2D eigenvalue weighted by molar-refractivity contribution is 7.89. The summed E-state index contributed by atoms with van der Waals surface area (Å²) in [5.74, 6) is -0.511. The van der Waals surface area contributed by atoms with Crippen molar-refractivity contribution < 1.29 is 27.2 Å². The number of nitrogens with zero attached hydrogens (tertiary/aromatic N) is 2. The van der Waals surface area contributed by atoms with Gasteiger partial charge in [-0.2, -0.15) is 4.31 Å². The molecule has 8 nitrogen and oxygen atoms in total. The number of furan rings is 1. The van der Waals surface area contributed by atoms with Gasteiger partial charge < -0.3 is 14.1 Å². The van der Waals surface area contributed by atoms with Crippen molar-refractivity contribution in [2.24, 2.45) is 0 Å². The number of para-hydroxylation sites is 1. The average molecular weight is 442 g/mol. The number of ether oxygens (including phenoxy) is 1. The molecule has 3 aromatic rings. The molecule has 4 rings (SSSR count). The van der Waals surface area contributed by atoms with Crippen molar-refractivity contribution in [3.8, 4) is 0 Å². The van der Waals surface area contributed by atoms with E-state index < -0.39 is 16.0 Å². The standard InChI is InChI=1S/C22H22N2O6S/c1-2-29-22(26)16-7-9-18(10-8-16)31(27,28)24-13-11-23(12-14-24)21(25)20-15-17-5-3-4-6-19(17)30-20/h3-10,15H,2,11-14H2,1H3. The van der Waals surface area contributed by atoms with Crippen LogP contribution in [0.25, 0.3) is 11.0 Å². The number of rotatable bonds is 5. The molecule has 162 valence electrons. The van der Waals surface area contributed by atoms with Crippen molar-refractivity contribution in [2.75, 3.05) is 32.8 Å². The fourth-order valence-corrected chi connectivity index (χ4v) is 4.92. The molecule has 0 radical (unpaired) electrons. The second-order valence-electron chi connectivity index (χ2n) is 7.09. The average Bonchev–Trinajstić information content (AvgIpc) is 3.23. The fourth-order valence-electron chi connectivity index (χ4n) is 3.50. The summed E-state index contributed by atoms with van der Waals surface area (Å²) in [5.41, 5.74) is 0.931. The van der Waals surface area contributed by atoms with Crippen LogP contribution < -0.4 is 0 Å². The number of hydrogen-bond acceptors (Lipinski definition) is 6. The third kappa shape index (κ3) is 4.19. The Morgan fingerprint density at radius 2 is 1.68 bits per heavy atom. The number of carbonyl (C=O) groups is 2. The summed E-state index contributed by atoms with van der Waals surface area (Å²) in [5, 5.41) is 0.846. The van der Waals surface area contributed by atoms with Gasteiger partial charge in [0, 0.05) is 31.6 Å². The van der Waals surface area contributed by atoms with Crippen LogP contribution in [-0.4, -0.2) is 62.3 Å². The van der Waals surface area contributed by atoms with Crippen molar-refractivity contribution >= 4 is 32.9 Å². The zero-order valence-electron chi connectivity index (χ0n) is 17.0. The Bertz CT molecular complexity index is 1180. The Labute approximate surface area is 180 Å². The zero-order chi connectivity index (χ0) is 22.0. The first-order chi connectivity index (χ1) is 14.9. The molecule has 0 spiro atoms. The largest absolute Gasteiger partial charge is 0.462 e. The molecule has 2 aromatic carbocycles. The van der Waals surface area contributed by atoms with Crippen LogP contribution >= 0.6 is 0 Å². The zero-order valence-corrected chi connectivity index (χ0v) is 17.8. The Hall–Kier alpha value is -3.17. The molecule has 0 aliphatic carbocycles. The predicted molar refractivity (Wildman–Crippen MR) is 113 cm³/mol. The summed E-state index contributed by atoms with van der Waals surface area (Å²) in [6.07, 6.45) is 0. The number of sulfonamides is 1. The maximum atomic E-state index is 12.9. The van der Waals surface area contributed by atoms with Crippen LogP contribution in [0.5, 0.6) is 0 Å². The Morgan fingerprint density at radius 1 is 1.00 bits per heavy atom. The van der Waals surface area contributed by atoms with Crippen LogP contribution in [0, 0.1) is 0 Å². The van der Waals surface area contributed by atoms with Crippen molar-refractivity contribution in [3.63, 3.8) is 0 Å². The molecule has 1 aliphatic rings. The van der Waals surface area contributed by atoms with E-state index >= 15 is 0 Å². The van der Waals surface area contributed by atoms with Crippen molar-refractivity contribution in [1.29, 1.82) is 0 Å². The Kier molecular flexibility index (Phi) is 5.79. The van der Waals surface area contributed by atoms with Crippen LogP contribution in [0.4, 0.5) is 0 Å². The number of fused-ring (bicyclic) bond motifs is 1. The lowest BCUT2D eigenvalue weighted by Gasteiger charge is -2.33. The van der Waals surface area contributed by atoms with Gasteiger partial charge in [0.1, 0.15) is 5.58 Å². The molecule has 0 saturated carbocycles. The summed E-state index contributed by atoms with van der Waals surface area (Å²) in [4.78, 5) is 26.2. The summed E-state index contributed by atoms with van der Waals surface area (Å²) in [7, 11) is -3.73. The molecule has 2 heterocycles. The molecule has 9 heteroatoms. The van der Waals surface area contributed by atoms with E-state index in [2.05, 4.69) is 0 Å². The molecule has 1 aromatic heterocycles. The molecule has 0 atom stereocenters. The van der Waals surface area contributed by atoms with Gasteiger partial charge in [-0.3, -0.25) is 4.79 Å². The Morgan fingerprint density at radius 3 is 2.32 bits per heavy atom. The summed E-state index contributed by atoms with van der Waals surface area (Å²) >= 11 is 0. The molecule has 1 saturated heterocycles. The lowest BCUT2D eigenvalue weighted by atomic mass is 10.2. The number of piperazine rings is 1. The molecule has 1 amide bonds. The van der Waals surface area contributed by atoms with Crippen LogP contribution in [0.3, 0.4) is 0 Å². The Balaban J connectivity index is 1.42. The first kappa shape index (κ1) is 21.1. The summed E-state index contributed by atoms with van der Waals surface area (Å²) < 4.78 is 37.8. The monoisotopic (exact) mass is 442 g/mol. The minimum absolute atomic E-state index is 0.0950. The van der Waals surface area contributed by atoms with E-state index in [0.717, 1.165) is 5.39 Å². The number of amides is 1. The molecule has 1 aliphatic heterocycles. The van der Waals surface area contributed by atoms with E-state index in [1.54, 1.807) is 24.0 Å². The van der Waals surface area contributed by atoms with Crippen molar-refractivity contribution in [1.82, 2.24) is 9.21 Å². The van der Waals surface area contributed by atoms with E-state index in [1.165, 1.54) is 28.6 Å². The van der Waals surface area contributed by atoms with Crippen LogP contribution in [0.1, 0.15) is 27.8 Å². The number of benzene rings is 2. The second kappa shape index (κ2) is 8.52. The summed E-state index contributed by atoms with van der Waals surface area (Å²) in [6.45, 7) is 2.82. The van der Waals surface area contributed by atoms with Crippen LogP contribution in [-0.2, 0) is 14.8 Å². The normalized spacial score (nSPS) is 15.2. The topological polar surface area (TPSA) is 97.1 Å². The molecule has 0 bridgehead atoms. The lowest BCUT2D eigenvalue weighted by Crippen LogP contribution is -2.50. The minimum Gasteiger partial charge on any atom is -0.462 e. The maximum absolute atomic E-state index is 12.9. The van der Waals surface area contributed by atoms with Gasteiger partial charge in [0.05, 0.1) is 17.1 Å². The van der Waals surface area contributed by atoms with Gasteiger partial charge in [-0.05, 0) is 43.3 Å². The van der Waals surface area contributed by atoms with Gasteiger partial charge in [-0.15, -0.1) is 0 Å². The van der Waals surface area contributed by atoms with Gasteiger partial charge in [-0.25, -0.2) is 13.2 Å². The van der Waals surface area contributed by atoms with Crippen LogP contribution in [0.15, 0.2) is 63.9 Å². The highest BCUT2D eigenvalue weighted by Crippen LogP contribution is 2.22. The molecular weight excluding hydrogens is 420 g/mol. The van der Waals surface area contributed by atoms with E-state index in [0.29, 0.717) is 11.1 Å². The molecule has 31 heavy (non-hydrogen) atoms. The van der Waals surface area contributed by atoms with Gasteiger partial charge in [0.2, 0.25) is 10.0 Å². The molecule has 0 N–H and O–H groups in total. The number of hydrogen-bond donors (Lipinski definition) is 0. The number of carbonyl (C=O) groups excluding carboxylic acids is 2. The SMILES string of the molecule is CCOC(=O)c1ccc(S(=O)(=O)N2CCN(C(=O)c3cc4ccccc4o3)CC2)cc1. The van der Waals surface area contributed by atoms with E-state index in [1.807, 2.05) is 18.2 Å². The van der Waals surface area contributed by atoms with Crippen molar-refractivity contribution in [2.45, 2.75) is 11.8 Å². The van der Waals surface area contributed by atoms with E-state index in [4.69, 9.17) is 9.15 Å². The summed E-state index contributed by atoms with van der Waals surface area (Å²) in [6, 6.07) is 14.7. The highest BCUT2D eigenvalue weighted by Gasteiger charge is 2.31. The lowest BCUT2D eigenvalue weighted by molar-refractivity contribution is 0.0526. The smallest absolute Gasteiger partial charge is 0.338 e. The van der Waals surface area contributed by atoms with Gasteiger partial charge in [-0.1, -0.05) is 18.2 Å². The minimum atomic E-state index is -3.73. The van der Waals surface area contributed by atoms with E-state index in [-0.39, 0.29) is 49.3 Å². The molecule has 0 unspecified atom stereocenters. The second-order valence-corrected chi connectivity index (χ2v) is 9.03. The van der Waals surface area contributed by atoms with Crippen molar-refractivity contribution in [3.05, 3.63) is 65.9 Å². The maximum Gasteiger partial charge on any atom is 0.338 e. The predicted octanol–water partition coefficient (Wildman–Crippen LogP) is 2.76. The first-order valence-electron chi connectivity index (χ1n) is 9.95. The first-order valence-corrected chi connectivity index (χ1v) is 11.4. The quantitative estimate of drug-likeness (QED) is 0.564. The molecule has 1 fully saturated rings. The molecular formula is C22H22N2O6S. The van der Waals surface area contributed by atoms with Gasteiger partial charge in [0.25, 0.3) is 5.91 Å². The third-order valence-corrected chi connectivity index (χ3v) is 7.08. The van der Waals surface area contributed by atoms with E-state index in [9.17, 15) is 18.0 Å². The number of esters is 1. The van der Waals surface area contributed by atoms with Crippen LogP contribution in [0.2, 0.25) is 0 Å². The van der Waals surface area contributed by atoms with Gasteiger partial charge >= 0.3 is 5.97 Å². The third-order valence-electron chi connectivity index (χ3n) is 5.17. The highest BCUT2D eigenvalue weighted by atomic mass is 32.2.